The van der Waals surface area contributed by atoms with Crippen LogP contribution in [0.4, 0.5) is 17.5 Å². The Balaban J connectivity index is 1.17. The maximum atomic E-state index is 13.0. The van der Waals surface area contributed by atoms with Crippen molar-refractivity contribution in [1.29, 1.82) is 0 Å². The predicted molar refractivity (Wildman–Crippen MR) is 126 cm³/mol. The van der Waals surface area contributed by atoms with Gasteiger partial charge in [-0.05, 0) is 30.9 Å². The standard InChI is InChI=1S/C24H27N7O4/c32-22(31-9-15-11-35-12-16(10-31)27-15)14-5-6-18(25-7-14)29-24-26-8-17-20(30-24)19(13-3-1-2-4-13)21(28-17)23(33)34/h5-8,13,15-16,19,27H,1-4,9-12H2,(H,33,34)(H,25,26,29,30). The summed E-state index contributed by atoms with van der Waals surface area (Å²) in [5.41, 5.74) is 1.85. The zero-order valence-electron chi connectivity index (χ0n) is 19.2. The van der Waals surface area contributed by atoms with Gasteiger partial charge < -0.3 is 25.4 Å². The molecule has 2 aromatic rings. The number of aliphatic carboxylic acids is 1. The summed E-state index contributed by atoms with van der Waals surface area (Å²) in [5, 5.41) is 16.2. The lowest BCUT2D eigenvalue weighted by Crippen LogP contribution is -2.63. The van der Waals surface area contributed by atoms with Crippen LogP contribution in [-0.2, 0) is 9.53 Å². The summed E-state index contributed by atoms with van der Waals surface area (Å²) in [6.07, 6.45) is 7.25. The zero-order valence-corrected chi connectivity index (χ0v) is 19.2. The van der Waals surface area contributed by atoms with Crippen molar-refractivity contribution in [3.63, 3.8) is 0 Å². The van der Waals surface area contributed by atoms with E-state index in [1.165, 1.54) is 0 Å². The van der Waals surface area contributed by atoms with E-state index < -0.39 is 5.97 Å². The molecule has 3 fully saturated rings. The summed E-state index contributed by atoms with van der Waals surface area (Å²) in [4.78, 5) is 44.3. The molecule has 1 amide bonds. The number of amides is 1. The molecule has 3 atom stereocenters. The number of morpholine rings is 1. The molecule has 2 saturated heterocycles. The van der Waals surface area contributed by atoms with Crippen molar-refractivity contribution in [1.82, 2.24) is 25.2 Å². The number of aliphatic imine (C=N–C) groups is 1. The van der Waals surface area contributed by atoms with E-state index in [4.69, 9.17) is 4.74 Å². The van der Waals surface area contributed by atoms with Crippen molar-refractivity contribution < 1.29 is 19.4 Å². The Labute approximate surface area is 202 Å². The highest BCUT2D eigenvalue weighted by Crippen LogP contribution is 2.45. The van der Waals surface area contributed by atoms with Gasteiger partial charge in [0.25, 0.3) is 5.91 Å². The Bertz CT molecular complexity index is 1170. The molecule has 3 N–H and O–H groups in total. The van der Waals surface area contributed by atoms with E-state index in [1.54, 1.807) is 24.5 Å². The van der Waals surface area contributed by atoms with Crippen LogP contribution < -0.4 is 10.6 Å². The largest absolute Gasteiger partial charge is 0.477 e. The molecule has 5 heterocycles. The van der Waals surface area contributed by atoms with Crippen LogP contribution in [0.2, 0.25) is 0 Å². The first-order chi connectivity index (χ1) is 17.0. The number of hydrogen-bond acceptors (Lipinski definition) is 9. The number of carbonyl (C=O) groups is 2. The fraction of sp³-hybridized carbons (Fsp3) is 0.500. The predicted octanol–water partition coefficient (Wildman–Crippen LogP) is 1.87. The number of hydrogen-bond donors (Lipinski definition) is 3. The molecular weight excluding hydrogens is 450 g/mol. The number of fused-ring (bicyclic) bond motifs is 3. The molecule has 3 aliphatic heterocycles. The number of pyridine rings is 1. The molecule has 1 saturated carbocycles. The highest BCUT2D eigenvalue weighted by molar-refractivity contribution is 6.39. The molecule has 3 unspecified atom stereocenters. The van der Waals surface area contributed by atoms with Crippen molar-refractivity contribution in [2.24, 2.45) is 10.9 Å². The number of ether oxygens (including phenoxy) is 1. The highest BCUT2D eigenvalue weighted by Gasteiger charge is 2.40. The summed E-state index contributed by atoms with van der Waals surface area (Å²) < 4.78 is 5.55. The van der Waals surface area contributed by atoms with Gasteiger partial charge in [-0.3, -0.25) is 4.79 Å². The van der Waals surface area contributed by atoms with E-state index in [-0.39, 0.29) is 35.5 Å². The minimum atomic E-state index is -1.00. The molecule has 11 nitrogen and oxygen atoms in total. The monoisotopic (exact) mass is 477 g/mol. The van der Waals surface area contributed by atoms with Gasteiger partial charge in [0.2, 0.25) is 5.95 Å². The number of nitrogens with zero attached hydrogens (tertiary/aromatic N) is 5. The van der Waals surface area contributed by atoms with Gasteiger partial charge in [0.1, 0.15) is 17.2 Å². The van der Waals surface area contributed by atoms with Crippen molar-refractivity contribution in [3.05, 3.63) is 35.8 Å². The number of aromatic nitrogens is 3. The number of carboxylic acids is 1. The Morgan fingerprint density at radius 3 is 2.54 bits per heavy atom. The average molecular weight is 478 g/mol. The summed E-state index contributed by atoms with van der Waals surface area (Å²) in [6.45, 7) is 2.45. The second-order valence-corrected chi connectivity index (χ2v) is 9.65. The van der Waals surface area contributed by atoms with E-state index in [1.807, 2.05) is 4.90 Å². The summed E-state index contributed by atoms with van der Waals surface area (Å²) in [6, 6.07) is 3.79. The molecular formula is C24H27N7O4. The molecule has 0 aromatic carbocycles. The lowest BCUT2D eigenvalue weighted by molar-refractivity contribution is -0.129. The lowest BCUT2D eigenvalue weighted by atomic mass is 9.85. The van der Waals surface area contributed by atoms with Crippen molar-refractivity contribution in [2.45, 2.75) is 43.7 Å². The van der Waals surface area contributed by atoms with Crippen LogP contribution in [-0.4, -0.2) is 80.9 Å². The molecule has 0 spiro atoms. The van der Waals surface area contributed by atoms with Gasteiger partial charge in [-0.1, -0.05) is 12.8 Å². The van der Waals surface area contributed by atoms with Gasteiger partial charge in [-0.15, -0.1) is 0 Å². The first kappa shape index (κ1) is 22.1. The van der Waals surface area contributed by atoms with Crippen molar-refractivity contribution >= 4 is 35.0 Å². The SMILES string of the molecule is O=C(O)C1=Nc2cnc(Nc3ccc(C(=O)N4CC5COCC(C4)N5)cn3)nc2C1C1CCCC1. The Morgan fingerprint density at radius 2 is 1.86 bits per heavy atom. The molecule has 0 radical (unpaired) electrons. The second-order valence-electron chi connectivity index (χ2n) is 9.65. The Morgan fingerprint density at radius 1 is 1.09 bits per heavy atom. The minimum absolute atomic E-state index is 0.0472. The lowest BCUT2D eigenvalue weighted by Gasteiger charge is -2.42. The third-order valence-electron chi connectivity index (χ3n) is 7.25. The van der Waals surface area contributed by atoms with Gasteiger partial charge in [0.15, 0.2) is 0 Å². The third-order valence-corrected chi connectivity index (χ3v) is 7.25. The molecule has 1 aliphatic carbocycles. The number of carboxylic acid groups (broad SMARTS) is 1. The quantitative estimate of drug-likeness (QED) is 0.588. The number of nitrogens with one attached hydrogen (secondary N) is 2. The number of piperazine rings is 1. The topological polar surface area (TPSA) is 142 Å². The van der Waals surface area contributed by atoms with Crippen molar-refractivity contribution in [2.75, 3.05) is 31.6 Å². The molecule has 182 valence electrons. The van der Waals surface area contributed by atoms with Crippen LogP contribution in [0, 0.1) is 5.92 Å². The van der Waals surface area contributed by atoms with Gasteiger partial charge in [0, 0.05) is 31.4 Å². The Kier molecular flexibility index (Phi) is 5.65. The van der Waals surface area contributed by atoms with Gasteiger partial charge in [0.05, 0.1) is 36.6 Å². The fourth-order valence-electron chi connectivity index (χ4n) is 5.67. The summed E-state index contributed by atoms with van der Waals surface area (Å²) in [7, 11) is 0. The van der Waals surface area contributed by atoms with Crippen molar-refractivity contribution in [3.8, 4) is 0 Å². The maximum absolute atomic E-state index is 13.0. The molecule has 35 heavy (non-hydrogen) atoms. The smallest absolute Gasteiger partial charge is 0.350 e. The second kappa shape index (κ2) is 8.97. The van der Waals surface area contributed by atoms with E-state index in [9.17, 15) is 14.7 Å². The van der Waals surface area contributed by atoms with Crippen LogP contribution in [0.1, 0.15) is 47.7 Å². The van der Waals surface area contributed by atoms with Crippen LogP contribution >= 0.6 is 0 Å². The Hall–Kier alpha value is -3.44. The molecule has 2 bridgehead atoms. The van der Waals surface area contributed by atoms with E-state index in [0.717, 1.165) is 25.7 Å². The minimum Gasteiger partial charge on any atom is -0.477 e. The third kappa shape index (κ3) is 4.25. The molecule has 4 aliphatic rings. The zero-order chi connectivity index (χ0) is 23.9. The van der Waals surface area contributed by atoms with E-state index in [0.29, 0.717) is 55.0 Å². The van der Waals surface area contributed by atoms with Gasteiger partial charge in [-0.2, -0.15) is 0 Å². The number of anilines is 2. The maximum Gasteiger partial charge on any atom is 0.350 e. The number of carbonyl (C=O) groups excluding carboxylic acids is 1. The normalized spacial score (nSPS) is 25.8. The molecule has 2 aromatic heterocycles. The number of rotatable bonds is 5. The first-order valence-corrected chi connectivity index (χ1v) is 12.1. The van der Waals surface area contributed by atoms with Crippen LogP contribution in [0.25, 0.3) is 0 Å². The van der Waals surface area contributed by atoms with Gasteiger partial charge in [-0.25, -0.2) is 24.7 Å². The van der Waals surface area contributed by atoms with E-state index in [2.05, 4.69) is 30.6 Å². The summed E-state index contributed by atoms with van der Waals surface area (Å²) >= 11 is 0. The first-order valence-electron chi connectivity index (χ1n) is 12.1. The van der Waals surface area contributed by atoms with Crippen LogP contribution in [0.5, 0.6) is 0 Å². The highest BCUT2D eigenvalue weighted by atomic mass is 16.5. The van der Waals surface area contributed by atoms with Crippen LogP contribution in [0.3, 0.4) is 0 Å². The average Bonchev–Trinajstić information content (AvgIpc) is 3.51. The summed E-state index contributed by atoms with van der Waals surface area (Å²) in [5.74, 6) is -0.304. The van der Waals surface area contributed by atoms with Crippen LogP contribution in [0.15, 0.2) is 29.5 Å². The molecule has 6 rings (SSSR count). The van der Waals surface area contributed by atoms with Gasteiger partial charge >= 0.3 is 5.97 Å². The fourth-order valence-corrected chi connectivity index (χ4v) is 5.67. The van der Waals surface area contributed by atoms with E-state index >= 15 is 0 Å². The molecule has 11 heteroatoms.